The van der Waals surface area contributed by atoms with Crippen LogP contribution in [0.3, 0.4) is 0 Å². The average Bonchev–Trinajstić information content (AvgIpc) is 3.42. The molecule has 438 valence electrons. The molecule has 0 amide bonds. The van der Waals surface area contributed by atoms with E-state index in [0.29, 0.717) is 25.7 Å². The second kappa shape index (κ2) is 52.3. The van der Waals surface area contributed by atoms with Crippen molar-refractivity contribution in [2.24, 2.45) is 0 Å². The molecular formula is C65H106O12. The molecule has 12 heteroatoms. The Morgan fingerprint density at radius 3 is 1.29 bits per heavy atom. The van der Waals surface area contributed by atoms with Crippen molar-refractivity contribution in [3.05, 3.63) is 97.2 Å². The molecule has 1 fully saturated rings. The lowest BCUT2D eigenvalue weighted by atomic mass is 9.98. The third-order valence-corrected chi connectivity index (χ3v) is 13.2. The van der Waals surface area contributed by atoms with Gasteiger partial charge in [-0.05, 0) is 89.9 Å². The topological polar surface area (TPSA) is 175 Å². The number of carbonyl (C=O) groups excluding carboxylic acids is 3. The zero-order valence-electron chi connectivity index (χ0n) is 48.2. The van der Waals surface area contributed by atoms with Gasteiger partial charge < -0.3 is 39.0 Å². The summed E-state index contributed by atoms with van der Waals surface area (Å²) in [5.41, 5.74) is 0. The first-order valence-corrected chi connectivity index (χ1v) is 30.2. The number of esters is 3. The summed E-state index contributed by atoms with van der Waals surface area (Å²) in [6.07, 6.45) is 56.6. The molecule has 6 atom stereocenters. The Balaban J connectivity index is 2.72. The first-order chi connectivity index (χ1) is 37.6. The van der Waals surface area contributed by atoms with Gasteiger partial charge in [-0.25, -0.2) is 4.79 Å². The molecule has 1 aliphatic heterocycles. The summed E-state index contributed by atoms with van der Waals surface area (Å²) < 4.78 is 28.4. The molecule has 77 heavy (non-hydrogen) atoms. The smallest absolute Gasteiger partial charge is 0.335 e. The molecule has 0 radical (unpaired) electrons. The van der Waals surface area contributed by atoms with E-state index >= 15 is 0 Å². The molecule has 6 unspecified atom stereocenters. The molecule has 0 saturated carbocycles. The van der Waals surface area contributed by atoms with Crippen LogP contribution in [-0.4, -0.2) is 89.2 Å². The summed E-state index contributed by atoms with van der Waals surface area (Å²) in [6, 6.07) is 0. The SMILES string of the molecule is CC/C=C\C/C=C\C/C=C\C/C=C\C/C=C\CCCC(=O)OC1C(OCC(COC(=O)CCCCCCCCC/C=C\C/C=C\C/C=C\CC)OC(=O)CCCCCCCCCCCCCCC)OC(C(=O)O)C(O)C1O. The zero-order chi connectivity index (χ0) is 56.1. The molecule has 0 aliphatic carbocycles. The third kappa shape index (κ3) is 42.3. The number of hydrogen-bond acceptors (Lipinski definition) is 11. The Kier molecular flexibility index (Phi) is 48.0. The lowest BCUT2D eigenvalue weighted by molar-refractivity contribution is -0.301. The summed E-state index contributed by atoms with van der Waals surface area (Å²) >= 11 is 0. The van der Waals surface area contributed by atoms with Crippen molar-refractivity contribution in [2.75, 3.05) is 13.2 Å². The summed E-state index contributed by atoms with van der Waals surface area (Å²) in [5.74, 6) is -3.21. The fraction of sp³-hybridized carbons (Fsp3) is 0.692. The Morgan fingerprint density at radius 1 is 0.442 bits per heavy atom. The van der Waals surface area contributed by atoms with E-state index in [-0.39, 0.29) is 25.9 Å². The molecule has 12 nitrogen and oxygen atoms in total. The molecule has 1 heterocycles. The Hall–Kier alpha value is -4.36. The van der Waals surface area contributed by atoms with E-state index in [2.05, 4.69) is 106 Å². The zero-order valence-corrected chi connectivity index (χ0v) is 48.2. The van der Waals surface area contributed by atoms with Crippen LogP contribution < -0.4 is 0 Å². The number of unbranched alkanes of at least 4 members (excludes halogenated alkanes) is 20. The van der Waals surface area contributed by atoms with Gasteiger partial charge in [0.1, 0.15) is 18.8 Å². The molecule has 1 saturated heterocycles. The van der Waals surface area contributed by atoms with E-state index in [1.54, 1.807) is 0 Å². The maximum atomic E-state index is 13.1. The summed E-state index contributed by atoms with van der Waals surface area (Å²) in [7, 11) is 0. The van der Waals surface area contributed by atoms with Gasteiger partial charge in [0, 0.05) is 19.3 Å². The largest absolute Gasteiger partial charge is 0.479 e. The second-order valence-corrected chi connectivity index (χ2v) is 20.2. The predicted molar refractivity (Wildman–Crippen MR) is 312 cm³/mol. The van der Waals surface area contributed by atoms with Crippen molar-refractivity contribution in [2.45, 2.75) is 276 Å². The standard InChI is InChI=1S/C65H106O12/c1-4-7-10-13-16-19-22-25-27-29-31-34-36-39-42-45-48-51-57(66)73-54-56(75-58(67)52-49-46-43-40-37-33-24-21-18-15-12-9-6-3)55-74-65-63(61(70)60(69)62(77-65)64(71)72)76-59(68)53-50-47-44-41-38-35-32-30-28-26-23-20-17-14-11-8-5-2/h7-8,10-11,16-17,19-20,25-28,32,35,41,44,56,60-63,65,69-70H,4-6,9,12-15,18,21-24,29-31,33-34,36-40,42-43,45-55H2,1-3H3,(H,71,72)/b10-7-,11-8-,19-16-,20-17-,27-25-,28-26-,35-32-,44-41-. The number of ether oxygens (including phenoxy) is 5. The molecule has 3 N–H and O–H groups in total. The number of aliphatic carboxylic acids is 1. The highest BCUT2D eigenvalue weighted by molar-refractivity contribution is 5.74. The van der Waals surface area contributed by atoms with Gasteiger partial charge in [-0.2, -0.15) is 0 Å². The minimum absolute atomic E-state index is 0.0215. The number of rotatable bonds is 50. The van der Waals surface area contributed by atoms with Crippen molar-refractivity contribution >= 4 is 23.9 Å². The Morgan fingerprint density at radius 2 is 0.831 bits per heavy atom. The summed E-state index contributed by atoms with van der Waals surface area (Å²) in [6.45, 7) is 5.74. The minimum Gasteiger partial charge on any atom is -0.479 e. The predicted octanol–water partition coefficient (Wildman–Crippen LogP) is 15.7. The third-order valence-electron chi connectivity index (χ3n) is 13.2. The molecule has 0 aromatic rings. The van der Waals surface area contributed by atoms with Crippen LogP contribution in [0.1, 0.15) is 239 Å². The molecule has 0 bridgehead atoms. The molecular weight excluding hydrogens is 973 g/mol. The van der Waals surface area contributed by atoms with Gasteiger partial charge in [-0.1, -0.05) is 227 Å². The Bertz CT molecular complexity index is 1710. The van der Waals surface area contributed by atoms with E-state index < -0.39 is 67.3 Å². The van der Waals surface area contributed by atoms with Crippen LogP contribution >= 0.6 is 0 Å². The van der Waals surface area contributed by atoms with Crippen LogP contribution in [0.4, 0.5) is 0 Å². The fourth-order valence-electron chi connectivity index (χ4n) is 8.59. The minimum atomic E-state index is -1.93. The highest BCUT2D eigenvalue weighted by atomic mass is 16.7. The maximum absolute atomic E-state index is 13.1. The number of carbonyl (C=O) groups is 4. The monoisotopic (exact) mass is 1080 g/mol. The number of carboxylic acids is 1. The Labute approximate surface area is 466 Å². The van der Waals surface area contributed by atoms with Crippen molar-refractivity contribution in [1.29, 1.82) is 0 Å². The molecule has 0 spiro atoms. The molecule has 0 aromatic heterocycles. The van der Waals surface area contributed by atoms with Crippen LogP contribution in [0.2, 0.25) is 0 Å². The van der Waals surface area contributed by atoms with Crippen LogP contribution in [0.25, 0.3) is 0 Å². The van der Waals surface area contributed by atoms with E-state index in [1.807, 2.05) is 12.2 Å². The van der Waals surface area contributed by atoms with E-state index in [9.17, 15) is 34.5 Å². The first-order valence-electron chi connectivity index (χ1n) is 30.2. The van der Waals surface area contributed by atoms with Gasteiger partial charge in [0.2, 0.25) is 0 Å². The fourth-order valence-corrected chi connectivity index (χ4v) is 8.59. The van der Waals surface area contributed by atoms with Crippen LogP contribution in [0.5, 0.6) is 0 Å². The number of carboxylic acid groups (broad SMARTS) is 1. The highest BCUT2D eigenvalue weighted by Crippen LogP contribution is 2.26. The van der Waals surface area contributed by atoms with E-state index in [0.717, 1.165) is 109 Å². The summed E-state index contributed by atoms with van der Waals surface area (Å²) in [4.78, 5) is 51.2. The highest BCUT2D eigenvalue weighted by Gasteiger charge is 2.50. The van der Waals surface area contributed by atoms with Gasteiger partial charge >= 0.3 is 23.9 Å². The van der Waals surface area contributed by atoms with Gasteiger partial charge in [-0.15, -0.1) is 0 Å². The van der Waals surface area contributed by atoms with Crippen molar-refractivity contribution in [1.82, 2.24) is 0 Å². The molecule has 1 rings (SSSR count). The quantitative estimate of drug-likeness (QED) is 0.0228. The lowest BCUT2D eigenvalue weighted by Crippen LogP contribution is -2.61. The maximum Gasteiger partial charge on any atom is 0.335 e. The van der Waals surface area contributed by atoms with Gasteiger partial charge in [0.05, 0.1) is 6.61 Å². The van der Waals surface area contributed by atoms with Crippen molar-refractivity contribution in [3.8, 4) is 0 Å². The van der Waals surface area contributed by atoms with E-state index in [1.165, 1.54) is 64.2 Å². The lowest BCUT2D eigenvalue weighted by Gasteiger charge is -2.40. The normalized spacial score (nSPS) is 18.7. The first kappa shape index (κ1) is 70.7. The number of aliphatic hydroxyl groups excluding tert-OH is 2. The number of hydrogen-bond donors (Lipinski definition) is 3. The van der Waals surface area contributed by atoms with Gasteiger partial charge in [-0.3, -0.25) is 14.4 Å². The second-order valence-electron chi connectivity index (χ2n) is 20.2. The van der Waals surface area contributed by atoms with Crippen molar-refractivity contribution < 1.29 is 58.2 Å². The van der Waals surface area contributed by atoms with Gasteiger partial charge in [0.25, 0.3) is 0 Å². The van der Waals surface area contributed by atoms with Crippen LogP contribution in [0.15, 0.2) is 97.2 Å². The van der Waals surface area contributed by atoms with E-state index in [4.69, 9.17) is 23.7 Å². The number of allylic oxidation sites excluding steroid dienone is 16. The molecule has 0 aromatic carbocycles. The average molecular weight is 1080 g/mol. The van der Waals surface area contributed by atoms with Crippen molar-refractivity contribution in [3.63, 3.8) is 0 Å². The van der Waals surface area contributed by atoms with Gasteiger partial charge in [0.15, 0.2) is 24.6 Å². The van der Waals surface area contributed by atoms with Crippen LogP contribution in [-0.2, 0) is 42.9 Å². The number of aliphatic hydroxyl groups is 2. The molecule has 1 aliphatic rings. The van der Waals surface area contributed by atoms with Crippen LogP contribution in [0, 0.1) is 0 Å². The summed E-state index contributed by atoms with van der Waals surface area (Å²) in [5, 5.41) is 31.5.